The highest BCUT2D eigenvalue weighted by molar-refractivity contribution is 5.65. The van der Waals surface area contributed by atoms with E-state index in [4.69, 9.17) is 9.47 Å². The first-order valence-electron chi connectivity index (χ1n) is 7.59. The minimum absolute atomic E-state index is 0.202. The molecule has 118 valence electrons. The van der Waals surface area contributed by atoms with Gasteiger partial charge in [-0.2, -0.15) is 0 Å². The molecule has 0 aliphatic carbocycles. The molecule has 0 aliphatic heterocycles. The Labute approximate surface area is 127 Å². The van der Waals surface area contributed by atoms with Gasteiger partial charge in [-0.05, 0) is 31.2 Å². The number of ether oxygens (including phenoxy) is 2. The van der Waals surface area contributed by atoms with E-state index >= 15 is 0 Å². The lowest BCUT2D eigenvalue weighted by molar-refractivity contribution is -0.237. The van der Waals surface area contributed by atoms with E-state index in [2.05, 4.69) is 0 Å². The smallest absolute Gasteiger partial charge is 0.302 e. The summed E-state index contributed by atoms with van der Waals surface area (Å²) in [5.41, 5.74) is 1.03. The molecule has 4 heteroatoms. The third-order valence-electron chi connectivity index (χ3n) is 3.55. The van der Waals surface area contributed by atoms with Crippen molar-refractivity contribution in [2.24, 2.45) is 0 Å². The number of hydrogen-bond acceptors (Lipinski definition) is 4. The second-order valence-electron chi connectivity index (χ2n) is 5.15. The van der Waals surface area contributed by atoms with E-state index in [1.165, 1.54) is 6.92 Å². The lowest BCUT2D eigenvalue weighted by Gasteiger charge is -2.31. The Kier molecular flexibility index (Phi) is 7.40. The molecule has 1 rings (SSSR count). The molecule has 0 heterocycles. The van der Waals surface area contributed by atoms with E-state index < -0.39 is 5.79 Å². The van der Waals surface area contributed by atoms with E-state index in [1.54, 1.807) is 0 Å². The first-order chi connectivity index (χ1) is 10.0. The third kappa shape index (κ3) is 6.27. The first-order valence-corrected chi connectivity index (χ1v) is 7.59. The summed E-state index contributed by atoms with van der Waals surface area (Å²) in [6.45, 7) is 5.59. The molecular formula is C17H26O4. The van der Waals surface area contributed by atoms with Gasteiger partial charge in [0.15, 0.2) is 5.79 Å². The summed E-state index contributed by atoms with van der Waals surface area (Å²) in [6.07, 6.45) is 2.27. The fraction of sp³-hybridized carbons (Fsp3) is 0.588. The van der Waals surface area contributed by atoms with Gasteiger partial charge >= 0.3 is 5.97 Å². The minimum atomic E-state index is -1.11. The van der Waals surface area contributed by atoms with Gasteiger partial charge in [-0.25, -0.2) is 0 Å². The van der Waals surface area contributed by atoms with Gasteiger partial charge in [0.2, 0.25) is 0 Å². The molecule has 0 bridgehead atoms. The van der Waals surface area contributed by atoms with E-state index in [-0.39, 0.29) is 12.1 Å². The normalized spacial score (nSPS) is 13.0. The summed E-state index contributed by atoms with van der Waals surface area (Å²) >= 11 is 0. The van der Waals surface area contributed by atoms with Crippen LogP contribution in [0.4, 0.5) is 0 Å². The molecule has 1 aromatic carbocycles. The molecular weight excluding hydrogens is 268 g/mol. The van der Waals surface area contributed by atoms with Crippen LogP contribution in [0, 0.1) is 0 Å². The monoisotopic (exact) mass is 294 g/mol. The van der Waals surface area contributed by atoms with Crippen molar-refractivity contribution in [3.63, 3.8) is 0 Å². The van der Waals surface area contributed by atoms with E-state index in [0.29, 0.717) is 32.3 Å². The maximum absolute atomic E-state index is 10.8. The van der Waals surface area contributed by atoms with Crippen LogP contribution in [0.3, 0.4) is 0 Å². The molecule has 0 saturated carbocycles. The average molecular weight is 294 g/mol. The van der Waals surface area contributed by atoms with E-state index in [1.807, 2.05) is 44.2 Å². The predicted octanol–water partition coefficient (Wildman–Crippen LogP) is 3.60. The van der Waals surface area contributed by atoms with E-state index in [9.17, 15) is 9.90 Å². The summed E-state index contributed by atoms with van der Waals surface area (Å²) in [6, 6.07) is 9.83. The van der Waals surface area contributed by atoms with Crippen LogP contribution in [0.25, 0.3) is 0 Å². The van der Waals surface area contributed by atoms with Gasteiger partial charge in [-0.1, -0.05) is 44.2 Å². The minimum Gasteiger partial charge on any atom is -0.466 e. The summed E-state index contributed by atoms with van der Waals surface area (Å²) < 4.78 is 10.9. The number of benzene rings is 1. The fourth-order valence-electron chi connectivity index (χ4n) is 2.13. The van der Waals surface area contributed by atoms with Crippen LogP contribution in [0.15, 0.2) is 30.3 Å². The Hall–Kier alpha value is -1.39. The highest BCUT2D eigenvalue weighted by atomic mass is 16.6. The molecule has 4 nitrogen and oxygen atoms in total. The van der Waals surface area contributed by atoms with Crippen LogP contribution >= 0.6 is 0 Å². The summed E-state index contributed by atoms with van der Waals surface area (Å²) in [7, 11) is 0. The van der Waals surface area contributed by atoms with Gasteiger partial charge in [0.05, 0.1) is 12.7 Å². The molecule has 21 heavy (non-hydrogen) atoms. The van der Waals surface area contributed by atoms with Crippen molar-refractivity contribution in [1.29, 1.82) is 0 Å². The predicted molar refractivity (Wildman–Crippen MR) is 81.7 cm³/mol. The van der Waals surface area contributed by atoms with Crippen molar-refractivity contribution in [2.45, 2.75) is 58.3 Å². The van der Waals surface area contributed by atoms with Gasteiger partial charge in [-0.3, -0.25) is 4.79 Å². The molecule has 0 aromatic heterocycles. The Bertz CT molecular complexity index is 412. The molecule has 1 N–H and O–H groups in total. The average Bonchev–Trinajstić information content (AvgIpc) is 2.50. The highest BCUT2D eigenvalue weighted by Gasteiger charge is 2.28. The van der Waals surface area contributed by atoms with E-state index in [0.717, 1.165) is 5.56 Å². The van der Waals surface area contributed by atoms with Gasteiger partial charge in [0, 0.05) is 6.92 Å². The standard InChI is InChI=1S/C17H26O4/c1-4-17(19,5-2)21-16(12-9-13-20-14(3)18)15-10-7-6-8-11-15/h6-8,10-11,16,19H,4-5,9,12-13H2,1-3H3. The zero-order chi connectivity index (χ0) is 15.7. The maximum atomic E-state index is 10.8. The maximum Gasteiger partial charge on any atom is 0.302 e. The van der Waals surface area contributed by atoms with Crippen LogP contribution in [-0.4, -0.2) is 23.5 Å². The van der Waals surface area contributed by atoms with Crippen molar-refractivity contribution < 1.29 is 19.4 Å². The summed E-state index contributed by atoms with van der Waals surface area (Å²) in [5.74, 6) is -1.38. The van der Waals surface area contributed by atoms with Crippen LogP contribution < -0.4 is 0 Å². The number of aliphatic hydroxyl groups is 1. The van der Waals surface area contributed by atoms with Crippen LogP contribution in [0.5, 0.6) is 0 Å². The Morgan fingerprint density at radius 2 is 1.86 bits per heavy atom. The Morgan fingerprint density at radius 3 is 2.38 bits per heavy atom. The number of rotatable bonds is 9. The van der Waals surface area contributed by atoms with Crippen LogP contribution in [0.1, 0.15) is 58.1 Å². The van der Waals surface area contributed by atoms with Crippen LogP contribution in [0.2, 0.25) is 0 Å². The number of carbonyl (C=O) groups excluding carboxylic acids is 1. The zero-order valence-corrected chi connectivity index (χ0v) is 13.2. The quantitative estimate of drug-likeness (QED) is 0.429. The molecule has 0 aliphatic rings. The molecule has 0 saturated heterocycles. The number of esters is 1. The molecule has 1 unspecified atom stereocenters. The van der Waals surface area contributed by atoms with Gasteiger partial charge < -0.3 is 14.6 Å². The zero-order valence-electron chi connectivity index (χ0n) is 13.2. The number of carbonyl (C=O) groups is 1. The molecule has 0 fully saturated rings. The van der Waals surface area contributed by atoms with Gasteiger partial charge in [0.1, 0.15) is 0 Å². The molecule has 0 amide bonds. The molecule has 0 spiro atoms. The second kappa shape index (κ2) is 8.80. The lowest BCUT2D eigenvalue weighted by atomic mass is 10.0. The highest BCUT2D eigenvalue weighted by Crippen LogP contribution is 2.30. The summed E-state index contributed by atoms with van der Waals surface area (Å²) in [5, 5.41) is 10.4. The fourth-order valence-corrected chi connectivity index (χ4v) is 2.13. The van der Waals surface area contributed by atoms with Crippen molar-refractivity contribution in [2.75, 3.05) is 6.61 Å². The Morgan fingerprint density at radius 1 is 1.24 bits per heavy atom. The largest absolute Gasteiger partial charge is 0.466 e. The van der Waals surface area contributed by atoms with Crippen molar-refractivity contribution in [3.8, 4) is 0 Å². The Balaban J connectivity index is 2.69. The van der Waals surface area contributed by atoms with Gasteiger partial charge in [-0.15, -0.1) is 0 Å². The van der Waals surface area contributed by atoms with Crippen molar-refractivity contribution in [1.82, 2.24) is 0 Å². The molecule has 1 atom stereocenters. The lowest BCUT2D eigenvalue weighted by Crippen LogP contribution is -2.32. The van der Waals surface area contributed by atoms with Crippen LogP contribution in [-0.2, 0) is 14.3 Å². The SMILES string of the molecule is CCC(O)(CC)OC(CCCOC(C)=O)c1ccccc1. The first kappa shape index (κ1) is 17.7. The van der Waals surface area contributed by atoms with Crippen molar-refractivity contribution in [3.05, 3.63) is 35.9 Å². The van der Waals surface area contributed by atoms with Crippen molar-refractivity contribution >= 4 is 5.97 Å². The molecule has 0 radical (unpaired) electrons. The van der Waals surface area contributed by atoms with Gasteiger partial charge in [0.25, 0.3) is 0 Å². The number of hydrogen-bond donors (Lipinski definition) is 1. The second-order valence-corrected chi connectivity index (χ2v) is 5.15. The topological polar surface area (TPSA) is 55.8 Å². The third-order valence-corrected chi connectivity index (χ3v) is 3.55. The molecule has 1 aromatic rings. The summed E-state index contributed by atoms with van der Waals surface area (Å²) in [4.78, 5) is 10.8.